The fourth-order valence-corrected chi connectivity index (χ4v) is 1.63. The number of allylic oxidation sites excluding steroid dienone is 3. The van der Waals surface area contributed by atoms with Crippen LogP contribution < -0.4 is 5.32 Å². The van der Waals surface area contributed by atoms with Crippen molar-refractivity contribution in [3.63, 3.8) is 0 Å². The highest BCUT2D eigenvalue weighted by molar-refractivity contribution is 9.11. The van der Waals surface area contributed by atoms with Crippen molar-refractivity contribution in [1.29, 1.82) is 0 Å². The molecule has 0 spiro atoms. The van der Waals surface area contributed by atoms with Gasteiger partial charge in [0.15, 0.2) is 0 Å². The number of anilines is 1. The number of carbonyl (C=O) groups is 1. The number of nitrogens with one attached hydrogen (secondary N) is 1. The summed E-state index contributed by atoms with van der Waals surface area (Å²) in [4.78, 5) is 21.1. The Morgan fingerprint density at radius 1 is 1.50 bits per heavy atom. The molecule has 0 atom stereocenters. The van der Waals surface area contributed by atoms with Crippen LogP contribution in [0, 0.1) is 10.1 Å². The van der Waals surface area contributed by atoms with Crippen LogP contribution in [0.3, 0.4) is 0 Å². The van der Waals surface area contributed by atoms with Gasteiger partial charge in [0.25, 0.3) is 5.69 Å². The van der Waals surface area contributed by atoms with Crippen LogP contribution in [0.4, 0.5) is 11.4 Å². The summed E-state index contributed by atoms with van der Waals surface area (Å²) in [6, 6.07) is 3.59. The zero-order valence-electron chi connectivity index (χ0n) is 10.3. The first kappa shape index (κ1) is 15.6. The molecule has 0 aromatic heterocycles. The van der Waals surface area contributed by atoms with Crippen molar-refractivity contribution in [2.75, 3.05) is 5.32 Å². The zero-order valence-corrected chi connectivity index (χ0v) is 11.9. The van der Waals surface area contributed by atoms with Crippen LogP contribution in [0.25, 0.3) is 0 Å². The number of aromatic carboxylic acids is 1. The number of halogens is 1. The predicted molar refractivity (Wildman–Crippen MR) is 80.0 cm³/mol. The molecule has 20 heavy (non-hydrogen) atoms. The molecule has 0 aliphatic heterocycles. The molecule has 0 aliphatic carbocycles. The molecule has 0 amide bonds. The average molecular weight is 339 g/mol. The largest absolute Gasteiger partial charge is 0.478 e. The van der Waals surface area contributed by atoms with Crippen molar-refractivity contribution in [3.8, 4) is 0 Å². The van der Waals surface area contributed by atoms with Crippen molar-refractivity contribution in [1.82, 2.24) is 0 Å². The normalized spacial score (nSPS) is 10.8. The maximum Gasteiger partial charge on any atom is 0.335 e. The van der Waals surface area contributed by atoms with Gasteiger partial charge in [-0.05, 0) is 18.2 Å². The number of rotatable bonds is 6. The second-order valence-corrected chi connectivity index (χ2v) is 4.59. The van der Waals surface area contributed by atoms with Crippen LogP contribution in [-0.4, -0.2) is 16.0 Å². The molecule has 1 aromatic rings. The lowest BCUT2D eigenvalue weighted by Gasteiger charge is -2.07. The molecule has 0 unspecified atom stereocenters. The number of carboxylic acids is 1. The molecule has 1 rings (SSSR count). The summed E-state index contributed by atoms with van der Waals surface area (Å²) >= 11 is 3.20. The number of nitrogens with zero attached hydrogens (tertiary/aromatic N) is 1. The van der Waals surface area contributed by atoms with Crippen LogP contribution in [-0.2, 0) is 0 Å². The highest BCUT2D eigenvalue weighted by Gasteiger charge is 2.17. The van der Waals surface area contributed by atoms with E-state index in [0.29, 0.717) is 10.2 Å². The van der Waals surface area contributed by atoms with Gasteiger partial charge in [-0.3, -0.25) is 10.1 Å². The van der Waals surface area contributed by atoms with E-state index >= 15 is 0 Å². The van der Waals surface area contributed by atoms with E-state index < -0.39 is 10.9 Å². The molecule has 0 radical (unpaired) electrons. The Hall–Kier alpha value is -2.41. The minimum atomic E-state index is -1.23. The number of hydrogen-bond acceptors (Lipinski definition) is 4. The van der Waals surface area contributed by atoms with Gasteiger partial charge in [-0.2, -0.15) is 0 Å². The first-order valence-electron chi connectivity index (χ1n) is 5.32. The molecule has 0 saturated carbocycles. The maximum absolute atomic E-state index is 11.0. The van der Waals surface area contributed by atoms with Crippen LogP contribution >= 0.6 is 15.9 Å². The van der Waals surface area contributed by atoms with Gasteiger partial charge in [0.1, 0.15) is 5.69 Å². The van der Waals surface area contributed by atoms with E-state index in [1.54, 1.807) is 6.08 Å². The molecule has 0 bridgehead atoms. The lowest BCUT2D eigenvalue weighted by molar-refractivity contribution is -0.384. The van der Waals surface area contributed by atoms with Crippen molar-refractivity contribution < 1.29 is 14.8 Å². The minimum Gasteiger partial charge on any atom is -0.478 e. The van der Waals surface area contributed by atoms with Crippen LogP contribution in [0.5, 0.6) is 0 Å². The summed E-state index contributed by atoms with van der Waals surface area (Å²) < 4.78 is 0.653. The Balaban J connectivity index is 3.12. The van der Waals surface area contributed by atoms with Gasteiger partial charge in [-0.1, -0.05) is 35.2 Å². The third-order valence-corrected chi connectivity index (χ3v) is 2.80. The van der Waals surface area contributed by atoms with Gasteiger partial charge < -0.3 is 10.4 Å². The molecule has 0 aliphatic rings. The third kappa shape index (κ3) is 4.06. The van der Waals surface area contributed by atoms with E-state index in [-0.39, 0.29) is 16.9 Å². The second kappa shape index (κ2) is 6.67. The molecule has 0 fully saturated rings. The summed E-state index contributed by atoms with van der Waals surface area (Å²) in [5, 5.41) is 22.5. The molecule has 1 aromatic carbocycles. The molecular formula is C13H11BrN2O4. The fraction of sp³-hybridized carbons (Fsp3) is 0. The Kier molecular flexibility index (Phi) is 5.22. The van der Waals surface area contributed by atoms with Crippen molar-refractivity contribution in [3.05, 3.63) is 69.4 Å². The van der Waals surface area contributed by atoms with Gasteiger partial charge in [-0.25, -0.2) is 4.79 Å². The summed E-state index contributed by atoms with van der Waals surface area (Å²) in [6.45, 7) is 7.23. The van der Waals surface area contributed by atoms with Gasteiger partial charge in [0, 0.05) is 16.2 Å². The van der Waals surface area contributed by atoms with E-state index in [4.69, 9.17) is 5.11 Å². The summed E-state index contributed by atoms with van der Waals surface area (Å²) in [5.41, 5.74) is 0.0541. The summed E-state index contributed by atoms with van der Waals surface area (Å²) in [6.07, 6.45) is 3.12. The van der Waals surface area contributed by atoms with Crippen molar-refractivity contribution in [2.45, 2.75) is 0 Å². The number of nitro benzene ring substituents is 1. The Morgan fingerprint density at radius 3 is 2.65 bits per heavy atom. The highest BCUT2D eigenvalue weighted by Crippen LogP contribution is 2.27. The predicted octanol–water partition coefficient (Wildman–Crippen LogP) is 3.68. The molecule has 6 nitrogen and oxygen atoms in total. The fourth-order valence-electron chi connectivity index (χ4n) is 1.36. The van der Waals surface area contributed by atoms with Crippen molar-refractivity contribution >= 4 is 33.3 Å². The Morgan fingerprint density at radius 2 is 2.15 bits per heavy atom. The SMILES string of the molecule is C=C/C(Br)=C\C(=C)Nc1ccc(C(=O)O)cc1[N+](=O)[O-]. The first-order chi connectivity index (χ1) is 9.35. The Labute approximate surface area is 123 Å². The number of carboxylic acid groups (broad SMARTS) is 1. The van der Waals surface area contributed by atoms with E-state index in [2.05, 4.69) is 34.4 Å². The average Bonchev–Trinajstić information content (AvgIpc) is 2.38. The van der Waals surface area contributed by atoms with E-state index in [0.717, 1.165) is 6.07 Å². The van der Waals surface area contributed by atoms with E-state index in [1.807, 2.05) is 0 Å². The lowest BCUT2D eigenvalue weighted by atomic mass is 10.1. The Bertz CT molecular complexity index is 623. The standard InChI is InChI=1S/C13H11BrN2O4/c1-3-10(14)6-8(2)15-11-5-4-9(13(17)18)7-12(11)16(19)20/h3-7,15H,1-2H2,(H,17,18)/b10-6+. The topological polar surface area (TPSA) is 92.5 Å². The molecular weight excluding hydrogens is 328 g/mol. The van der Waals surface area contributed by atoms with Gasteiger partial charge in [0.05, 0.1) is 10.5 Å². The van der Waals surface area contributed by atoms with Crippen LogP contribution in [0.1, 0.15) is 10.4 Å². The van der Waals surface area contributed by atoms with Crippen LogP contribution in [0.15, 0.2) is 53.7 Å². The number of benzene rings is 1. The molecule has 0 heterocycles. The van der Waals surface area contributed by atoms with Gasteiger partial charge >= 0.3 is 5.97 Å². The van der Waals surface area contributed by atoms with Gasteiger partial charge in [0.2, 0.25) is 0 Å². The smallest absolute Gasteiger partial charge is 0.335 e. The summed E-state index contributed by atoms with van der Waals surface area (Å²) in [7, 11) is 0. The lowest BCUT2D eigenvalue weighted by Crippen LogP contribution is -2.03. The molecule has 2 N–H and O–H groups in total. The molecule has 0 saturated heterocycles. The van der Waals surface area contributed by atoms with Gasteiger partial charge in [-0.15, -0.1) is 0 Å². The number of nitro groups is 1. The van der Waals surface area contributed by atoms with Crippen molar-refractivity contribution in [2.24, 2.45) is 0 Å². The van der Waals surface area contributed by atoms with E-state index in [1.165, 1.54) is 18.2 Å². The third-order valence-electron chi connectivity index (χ3n) is 2.24. The van der Waals surface area contributed by atoms with E-state index in [9.17, 15) is 14.9 Å². The number of hydrogen-bond donors (Lipinski definition) is 2. The maximum atomic E-state index is 11.0. The zero-order chi connectivity index (χ0) is 15.3. The summed E-state index contributed by atoms with van der Waals surface area (Å²) in [5.74, 6) is -1.23. The molecule has 104 valence electrons. The van der Waals surface area contributed by atoms with Crippen LogP contribution in [0.2, 0.25) is 0 Å². The first-order valence-corrected chi connectivity index (χ1v) is 6.11. The monoisotopic (exact) mass is 338 g/mol. The minimum absolute atomic E-state index is 0.157. The highest BCUT2D eigenvalue weighted by atomic mass is 79.9. The second-order valence-electron chi connectivity index (χ2n) is 3.68. The molecule has 7 heteroatoms. The quantitative estimate of drug-likeness (QED) is 0.468.